The average Bonchev–Trinajstić information content (AvgIpc) is 3.19. The normalized spacial score (nSPS) is 21.3. The predicted octanol–water partition coefficient (Wildman–Crippen LogP) is 2.83. The summed E-state index contributed by atoms with van der Waals surface area (Å²) in [6, 6.07) is 9.83. The van der Waals surface area contributed by atoms with Gasteiger partial charge in [0, 0.05) is 24.7 Å². The standard InChI is InChI=1S/C23H26N4O2/c28-20-12-18(22-11-16-3-1-2-4-21(16)29-22)27-23-17(20)7-10-26-19(23)14-25-13-15-5-8-24-9-6-15/h1-4,7,10,15,22,24-25H,5-6,8-9,11-14H2. The summed E-state index contributed by atoms with van der Waals surface area (Å²) in [7, 11) is 0. The fourth-order valence-corrected chi connectivity index (χ4v) is 4.45. The van der Waals surface area contributed by atoms with Gasteiger partial charge in [-0.1, -0.05) is 18.2 Å². The Bertz CT molecular complexity index is 925. The van der Waals surface area contributed by atoms with Crippen LogP contribution >= 0.6 is 0 Å². The summed E-state index contributed by atoms with van der Waals surface area (Å²) >= 11 is 0. The van der Waals surface area contributed by atoms with Gasteiger partial charge in [0.1, 0.15) is 11.9 Å². The molecule has 6 heteroatoms. The molecular weight excluding hydrogens is 364 g/mol. The van der Waals surface area contributed by atoms with Gasteiger partial charge < -0.3 is 15.4 Å². The number of nitrogens with zero attached hydrogens (tertiary/aromatic N) is 2. The van der Waals surface area contributed by atoms with Crippen molar-refractivity contribution >= 4 is 17.2 Å². The lowest BCUT2D eigenvalue weighted by molar-refractivity contribution is 0.0996. The first kappa shape index (κ1) is 18.5. The minimum absolute atomic E-state index is 0.103. The highest BCUT2D eigenvalue weighted by atomic mass is 16.5. The zero-order valence-corrected chi connectivity index (χ0v) is 16.5. The summed E-state index contributed by atoms with van der Waals surface area (Å²) < 4.78 is 6.09. The minimum atomic E-state index is -0.166. The molecule has 1 aromatic heterocycles. The maximum absolute atomic E-state index is 12.8. The number of benzene rings is 1. The summed E-state index contributed by atoms with van der Waals surface area (Å²) in [4.78, 5) is 22.2. The van der Waals surface area contributed by atoms with Crippen LogP contribution in [0.5, 0.6) is 5.75 Å². The lowest BCUT2D eigenvalue weighted by Gasteiger charge is -2.23. The van der Waals surface area contributed by atoms with Gasteiger partial charge in [-0.05, 0) is 56.1 Å². The van der Waals surface area contributed by atoms with Crippen LogP contribution < -0.4 is 15.4 Å². The molecule has 1 unspecified atom stereocenters. The number of ketones is 1. The SMILES string of the molecule is O=C1CC(C2Cc3ccccc3O2)=Nc2c1ccnc2CNCC1CCNCC1. The van der Waals surface area contributed by atoms with Crippen LogP contribution in [0.3, 0.4) is 0 Å². The molecule has 3 aliphatic heterocycles. The number of carbonyl (C=O) groups excluding carboxylic acids is 1. The second kappa shape index (κ2) is 8.05. The van der Waals surface area contributed by atoms with Gasteiger partial charge in [-0.15, -0.1) is 0 Å². The number of carbonyl (C=O) groups is 1. The van der Waals surface area contributed by atoms with Crippen LogP contribution in [0.4, 0.5) is 5.69 Å². The van der Waals surface area contributed by atoms with E-state index in [1.165, 1.54) is 18.4 Å². The van der Waals surface area contributed by atoms with Gasteiger partial charge in [-0.25, -0.2) is 0 Å². The van der Waals surface area contributed by atoms with Gasteiger partial charge in [-0.3, -0.25) is 14.8 Å². The number of nitrogens with one attached hydrogen (secondary N) is 2. The molecule has 29 heavy (non-hydrogen) atoms. The molecule has 0 amide bonds. The number of ether oxygens (including phenoxy) is 1. The largest absolute Gasteiger partial charge is 0.484 e. The third kappa shape index (κ3) is 3.82. The van der Waals surface area contributed by atoms with E-state index in [1.54, 1.807) is 12.3 Å². The summed E-state index contributed by atoms with van der Waals surface area (Å²) in [5.41, 5.74) is 4.23. The van der Waals surface area contributed by atoms with Crippen LogP contribution in [0.2, 0.25) is 0 Å². The summed E-state index contributed by atoms with van der Waals surface area (Å²) in [6.45, 7) is 3.79. The van der Waals surface area contributed by atoms with Gasteiger partial charge in [0.25, 0.3) is 0 Å². The lowest BCUT2D eigenvalue weighted by atomic mass is 9.95. The Hall–Kier alpha value is -2.57. The Balaban J connectivity index is 1.33. The molecule has 150 valence electrons. The molecule has 2 N–H and O–H groups in total. The predicted molar refractivity (Wildman–Crippen MR) is 112 cm³/mol. The van der Waals surface area contributed by atoms with Crippen molar-refractivity contribution in [1.29, 1.82) is 0 Å². The maximum Gasteiger partial charge on any atom is 0.170 e. The number of aliphatic imine (C=N–C) groups is 1. The number of para-hydroxylation sites is 1. The van der Waals surface area contributed by atoms with E-state index in [4.69, 9.17) is 9.73 Å². The molecule has 3 aliphatic rings. The van der Waals surface area contributed by atoms with Gasteiger partial charge in [0.05, 0.1) is 23.5 Å². The molecule has 1 saturated heterocycles. The van der Waals surface area contributed by atoms with Crippen molar-refractivity contribution in [3.8, 4) is 5.75 Å². The average molecular weight is 390 g/mol. The Kier molecular flexibility index (Phi) is 5.12. The van der Waals surface area contributed by atoms with Crippen LogP contribution in [0.1, 0.15) is 40.9 Å². The molecule has 0 radical (unpaired) electrons. The van der Waals surface area contributed by atoms with Crippen molar-refractivity contribution < 1.29 is 9.53 Å². The first-order valence-electron chi connectivity index (χ1n) is 10.5. The first-order chi connectivity index (χ1) is 14.3. The Morgan fingerprint density at radius 3 is 2.90 bits per heavy atom. The van der Waals surface area contributed by atoms with Crippen LogP contribution in [-0.4, -0.2) is 42.2 Å². The molecule has 6 nitrogen and oxygen atoms in total. The zero-order chi connectivity index (χ0) is 19.6. The smallest absolute Gasteiger partial charge is 0.170 e. The highest BCUT2D eigenvalue weighted by Crippen LogP contribution is 2.34. The van der Waals surface area contributed by atoms with Gasteiger partial charge >= 0.3 is 0 Å². The molecule has 0 bridgehead atoms. The van der Waals surface area contributed by atoms with Crippen LogP contribution in [0.25, 0.3) is 0 Å². The van der Waals surface area contributed by atoms with Crippen molar-refractivity contribution in [2.45, 2.75) is 38.3 Å². The fourth-order valence-electron chi connectivity index (χ4n) is 4.45. The topological polar surface area (TPSA) is 75.6 Å². The molecule has 4 heterocycles. The quantitative estimate of drug-likeness (QED) is 0.821. The Labute approximate surface area is 170 Å². The molecule has 0 spiro atoms. The van der Waals surface area contributed by atoms with E-state index in [0.29, 0.717) is 24.4 Å². The number of rotatable bonds is 5. The fraction of sp³-hybridized carbons (Fsp3) is 0.435. The van der Waals surface area contributed by atoms with Crippen LogP contribution in [0.15, 0.2) is 41.5 Å². The second-order valence-electron chi connectivity index (χ2n) is 8.10. The molecule has 0 saturated carbocycles. The number of piperidine rings is 1. The second-order valence-corrected chi connectivity index (χ2v) is 8.10. The van der Waals surface area contributed by atoms with Crippen molar-refractivity contribution in [1.82, 2.24) is 15.6 Å². The van der Waals surface area contributed by atoms with E-state index in [1.807, 2.05) is 18.2 Å². The number of fused-ring (bicyclic) bond motifs is 2. The summed E-state index contributed by atoms with van der Waals surface area (Å²) in [5, 5.41) is 6.93. The summed E-state index contributed by atoms with van der Waals surface area (Å²) in [5.74, 6) is 1.70. The van der Waals surface area contributed by atoms with Crippen LogP contribution in [-0.2, 0) is 13.0 Å². The monoisotopic (exact) mass is 390 g/mol. The number of hydrogen-bond donors (Lipinski definition) is 2. The number of pyridine rings is 1. The third-order valence-corrected chi connectivity index (χ3v) is 6.10. The van der Waals surface area contributed by atoms with E-state index in [2.05, 4.69) is 21.7 Å². The van der Waals surface area contributed by atoms with Crippen LogP contribution in [0, 0.1) is 5.92 Å². The van der Waals surface area contributed by atoms with E-state index >= 15 is 0 Å². The number of hydrogen-bond acceptors (Lipinski definition) is 6. The summed E-state index contributed by atoms with van der Waals surface area (Å²) in [6.07, 6.45) is 5.04. The van der Waals surface area contributed by atoms with E-state index < -0.39 is 0 Å². The Morgan fingerprint density at radius 1 is 1.17 bits per heavy atom. The van der Waals surface area contributed by atoms with Crippen molar-refractivity contribution in [2.24, 2.45) is 10.9 Å². The number of Topliss-reactive ketones (excluding diaryl/α,β-unsaturated/α-hetero) is 1. The zero-order valence-electron chi connectivity index (χ0n) is 16.5. The maximum atomic E-state index is 12.8. The lowest BCUT2D eigenvalue weighted by Crippen LogP contribution is -2.33. The van der Waals surface area contributed by atoms with Gasteiger partial charge in [0.15, 0.2) is 5.78 Å². The molecule has 1 fully saturated rings. The number of aromatic nitrogens is 1. The van der Waals surface area contributed by atoms with Gasteiger partial charge in [-0.2, -0.15) is 0 Å². The highest BCUT2D eigenvalue weighted by molar-refractivity contribution is 6.17. The van der Waals surface area contributed by atoms with E-state index in [0.717, 1.165) is 48.9 Å². The highest BCUT2D eigenvalue weighted by Gasteiger charge is 2.32. The van der Waals surface area contributed by atoms with Gasteiger partial charge in [0.2, 0.25) is 0 Å². The van der Waals surface area contributed by atoms with Crippen molar-refractivity contribution in [3.63, 3.8) is 0 Å². The Morgan fingerprint density at radius 2 is 2.03 bits per heavy atom. The van der Waals surface area contributed by atoms with Crippen molar-refractivity contribution in [3.05, 3.63) is 53.3 Å². The third-order valence-electron chi connectivity index (χ3n) is 6.10. The van der Waals surface area contributed by atoms with E-state index in [-0.39, 0.29) is 11.9 Å². The van der Waals surface area contributed by atoms with Crippen molar-refractivity contribution in [2.75, 3.05) is 19.6 Å². The minimum Gasteiger partial charge on any atom is -0.484 e. The molecule has 2 aromatic rings. The molecule has 5 rings (SSSR count). The molecule has 1 atom stereocenters. The molecular formula is C23H26N4O2. The van der Waals surface area contributed by atoms with E-state index in [9.17, 15) is 4.79 Å². The molecule has 1 aromatic carbocycles. The molecule has 0 aliphatic carbocycles. The first-order valence-corrected chi connectivity index (χ1v) is 10.5.